The van der Waals surface area contributed by atoms with Crippen molar-refractivity contribution in [2.45, 2.75) is 0 Å². The van der Waals surface area contributed by atoms with Gasteiger partial charge in [-0.05, 0) is 36.5 Å². The zero-order chi connectivity index (χ0) is 13.0. The zero-order valence-corrected chi connectivity index (χ0v) is 10.6. The molecule has 0 saturated heterocycles. The molecule has 92 valence electrons. The lowest BCUT2D eigenvalue weighted by molar-refractivity contribution is 0.0950. The summed E-state index contributed by atoms with van der Waals surface area (Å²) in [5.41, 5.74) is 0.905. The van der Waals surface area contributed by atoms with Gasteiger partial charge >= 0.3 is 0 Å². The van der Waals surface area contributed by atoms with Gasteiger partial charge in [0.15, 0.2) is 10.9 Å². The third kappa shape index (κ3) is 2.75. The van der Waals surface area contributed by atoms with Gasteiger partial charge in [-0.3, -0.25) is 10.1 Å². The van der Waals surface area contributed by atoms with Crippen LogP contribution in [0.15, 0.2) is 53.1 Å². The number of rotatable bonds is 2. The molecule has 4 nitrogen and oxygen atoms in total. The SMILES string of the molecule is CN(C(=S)NC(=O)c1ccco1)c1ccccc1. The van der Waals surface area contributed by atoms with E-state index in [2.05, 4.69) is 5.32 Å². The van der Waals surface area contributed by atoms with E-state index in [9.17, 15) is 4.79 Å². The normalized spacial score (nSPS) is 9.83. The number of hydrogen-bond donors (Lipinski definition) is 1. The van der Waals surface area contributed by atoms with Crippen LogP contribution in [0.4, 0.5) is 5.69 Å². The summed E-state index contributed by atoms with van der Waals surface area (Å²) in [5.74, 6) is -0.119. The first-order valence-electron chi connectivity index (χ1n) is 5.36. The summed E-state index contributed by atoms with van der Waals surface area (Å²) in [6, 6.07) is 12.8. The van der Waals surface area contributed by atoms with Crippen molar-refractivity contribution in [2.75, 3.05) is 11.9 Å². The fourth-order valence-corrected chi connectivity index (χ4v) is 1.62. The number of benzene rings is 1. The fraction of sp³-hybridized carbons (Fsp3) is 0.0769. The van der Waals surface area contributed by atoms with Crippen molar-refractivity contribution >= 4 is 28.9 Å². The van der Waals surface area contributed by atoms with E-state index < -0.39 is 0 Å². The van der Waals surface area contributed by atoms with Crippen molar-refractivity contribution < 1.29 is 9.21 Å². The minimum atomic E-state index is -0.354. The molecule has 0 saturated carbocycles. The van der Waals surface area contributed by atoms with E-state index in [0.717, 1.165) is 5.69 Å². The Balaban J connectivity index is 2.02. The maximum absolute atomic E-state index is 11.7. The third-order valence-electron chi connectivity index (χ3n) is 2.41. The molecule has 18 heavy (non-hydrogen) atoms. The average molecular weight is 260 g/mol. The van der Waals surface area contributed by atoms with Crippen molar-refractivity contribution in [3.05, 3.63) is 54.5 Å². The number of carbonyl (C=O) groups is 1. The summed E-state index contributed by atoms with van der Waals surface area (Å²) in [6.07, 6.45) is 1.44. The number of furan rings is 1. The summed E-state index contributed by atoms with van der Waals surface area (Å²) in [5, 5.41) is 2.93. The lowest BCUT2D eigenvalue weighted by Gasteiger charge is -2.19. The Bertz CT molecular complexity index is 537. The monoisotopic (exact) mass is 260 g/mol. The highest BCUT2D eigenvalue weighted by atomic mass is 32.1. The molecule has 0 bridgehead atoms. The fourth-order valence-electron chi connectivity index (χ4n) is 1.42. The van der Waals surface area contributed by atoms with Crippen LogP contribution in [-0.2, 0) is 0 Å². The molecule has 0 spiro atoms. The standard InChI is InChI=1S/C13H12N2O2S/c1-15(10-6-3-2-4-7-10)13(18)14-12(16)11-8-5-9-17-11/h2-9H,1H3,(H,14,16,18). The minimum absolute atomic E-state index is 0.235. The van der Waals surface area contributed by atoms with Gasteiger partial charge in [0.05, 0.1) is 6.26 Å². The molecular weight excluding hydrogens is 248 g/mol. The molecule has 0 aliphatic carbocycles. The Hall–Kier alpha value is -2.14. The molecule has 0 aliphatic heterocycles. The molecular formula is C13H12N2O2S. The Morgan fingerprint density at radius 1 is 1.22 bits per heavy atom. The molecule has 2 aromatic rings. The second-order valence-electron chi connectivity index (χ2n) is 3.63. The topological polar surface area (TPSA) is 45.5 Å². The molecule has 1 heterocycles. The first-order chi connectivity index (χ1) is 8.68. The van der Waals surface area contributed by atoms with Crippen LogP contribution in [0.1, 0.15) is 10.6 Å². The largest absolute Gasteiger partial charge is 0.459 e. The van der Waals surface area contributed by atoms with Crippen LogP contribution in [-0.4, -0.2) is 18.1 Å². The van der Waals surface area contributed by atoms with Gasteiger partial charge in [0, 0.05) is 12.7 Å². The number of carbonyl (C=O) groups excluding carboxylic acids is 1. The van der Waals surface area contributed by atoms with Gasteiger partial charge in [-0.1, -0.05) is 18.2 Å². The summed E-state index contributed by atoms with van der Waals surface area (Å²) >= 11 is 5.16. The van der Waals surface area contributed by atoms with Crippen molar-refractivity contribution in [2.24, 2.45) is 0 Å². The first kappa shape index (κ1) is 12.3. The number of nitrogens with one attached hydrogen (secondary N) is 1. The Kier molecular flexibility index (Phi) is 3.74. The van der Waals surface area contributed by atoms with Gasteiger partial charge in [0.1, 0.15) is 0 Å². The van der Waals surface area contributed by atoms with Crippen LogP contribution in [0.2, 0.25) is 0 Å². The predicted octanol–water partition coefficient (Wildman–Crippen LogP) is 2.43. The average Bonchev–Trinajstić information content (AvgIpc) is 2.92. The van der Waals surface area contributed by atoms with Crippen LogP contribution in [0, 0.1) is 0 Å². The van der Waals surface area contributed by atoms with Gasteiger partial charge in [-0.2, -0.15) is 0 Å². The number of amides is 1. The van der Waals surface area contributed by atoms with Gasteiger partial charge in [0.2, 0.25) is 0 Å². The van der Waals surface area contributed by atoms with Crippen LogP contribution < -0.4 is 10.2 Å². The molecule has 1 amide bonds. The lowest BCUT2D eigenvalue weighted by atomic mass is 10.3. The molecule has 1 aromatic heterocycles. The predicted molar refractivity (Wildman–Crippen MR) is 73.6 cm³/mol. The van der Waals surface area contributed by atoms with Crippen LogP contribution in [0.3, 0.4) is 0 Å². The minimum Gasteiger partial charge on any atom is -0.459 e. The van der Waals surface area contributed by atoms with Crippen LogP contribution in [0.25, 0.3) is 0 Å². The maximum Gasteiger partial charge on any atom is 0.293 e. The van der Waals surface area contributed by atoms with Gasteiger partial charge in [-0.15, -0.1) is 0 Å². The van der Waals surface area contributed by atoms with E-state index >= 15 is 0 Å². The first-order valence-corrected chi connectivity index (χ1v) is 5.77. The second-order valence-corrected chi connectivity index (χ2v) is 4.02. The van der Waals surface area contributed by atoms with E-state index in [1.165, 1.54) is 6.26 Å². The Morgan fingerprint density at radius 2 is 1.94 bits per heavy atom. The summed E-state index contributed by atoms with van der Waals surface area (Å²) < 4.78 is 4.99. The third-order valence-corrected chi connectivity index (χ3v) is 2.79. The highest BCUT2D eigenvalue weighted by Crippen LogP contribution is 2.11. The number of nitrogens with zero attached hydrogens (tertiary/aromatic N) is 1. The van der Waals surface area contributed by atoms with Crippen molar-refractivity contribution in [3.8, 4) is 0 Å². The summed E-state index contributed by atoms with van der Waals surface area (Å²) in [7, 11) is 1.79. The van der Waals surface area contributed by atoms with Gasteiger partial charge < -0.3 is 9.32 Å². The Morgan fingerprint density at radius 3 is 2.56 bits per heavy atom. The van der Waals surface area contributed by atoms with E-state index in [1.54, 1.807) is 24.1 Å². The number of thiocarbonyl (C=S) groups is 1. The van der Waals surface area contributed by atoms with Gasteiger partial charge in [0.25, 0.3) is 5.91 Å². The number of hydrogen-bond acceptors (Lipinski definition) is 3. The van der Waals surface area contributed by atoms with E-state index in [1.807, 2.05) is 30.3 Å². The van der Waals surface area contributed by atoms with Gasteiger partial charge in [-0.25, -0.2) is 0 Å². The molecule has 1 N–H and O–H groups in total. The molecule has 2 rings (SSSR count). The summed E-state index contributed by atoms with van der Waals surface area (Å²) in [6.45, 7) is 0. The van der Waals surface area contributed by atoms with E-state index in [4.69, 9.17) is 16.6 Å². The van der Waals surface area contributed by atoms with E-state index in [-0.39, 0.29) is 11.7 Å². The Labute approximate surface area is 110 Å². The van der Waals surface area contributed by atoms with Crippen LogP contribution >= 0.6 is 12.2 Å². The smallest absolute Gasteiger partial charge is 0.293 e. The van der Waals surface area contributed by atoms with Crippen LogP contribution in [0.5, 0.6) is 0 Å². The molecule has 0 unspecified atom stereocenters. The molecule has 1 aromatic carbocycles. The van der Waals surface area contributed by atoms with E-state index in [0.29, 0.717) is 5.11 Å². The second kappa shape index (κ2) is 5.46. The molecule has 0 atom stereocenters. The molecule has 0 aliphatic rings. The summed E-state index contributed by atoms with van der Waals surface area (Å²) in [4.78, 5) is 13.5. The maximum atomic E-state index is 11.7. The van der Waals surface area contributed by atoms with Crippen molar-refractivity contribution in [1.29, 1.82) is 0 Å². The highest BCUT2D eigenvalue weighted by molar-refractivity contribution is 7.80. The van der Waals surface area contributed by atoms with Crippen molar-refractivity contribution in [1.82, 2.24) is 5.32 Å². The quantitative estimate of drug-likeness (QED) is 0.842. The number of para-hydroxylation sites is 1. The van der Waals surface area contributed by atoms with Crippen molar-refractivity contribution in [3.63, 3.8) is 0 Å². The lowest BCUT2D eigenvalue weighted by Crippen LogP contribution is -2.40. The molecule has 0 radical (unpaired) electrons. The number of anilines is 1. The zero-order valence-electron chi connectivity index (χ0n) is 9.79. The molecule has 5 heteroatoms. The molecule has 0 fully saturated rings. The highest BCUT2D eigenvalue weighted by Gasteiger charge is 2.13.